The standard InChI is InChI=1S/C17H23FN6O/c1-2-19-17(20-9-15(25)12-3-5-13(18)6-4-12)23-14-7-8-16-21-11-22-24(16)10-14/h3-6,11,14-15,25H,2,7-10H2,1H3,(H2,19,20,23). The summed E-state index contributed by atoms with van der Waals surface area (Å²) in [4.78, 5) is 8.68. The summed E-state index contributed by atoms with van der Waals surface area (Å²) < 4.78 is 14.9. The Balaban J connectivity index is 1.60. The van der Waals surface area contributed by atoms with E-state index < -0.39 is 6.10 Å². The van der Waals surface area contributed by atoms with Crippen molar-refractivity contribution in [2.24, 2.45) is 4.99 Å². The molecular formula is C17H23FN6O. The lowest BCUT2D eigenvalue weighted by Crippen LogP contribution is -2.47. The van der Waals surface area contributed by atoms with Crippen LogP contribution < -0.4 is 10.6 Å². The zero-order chi connectivity index (χ0) is 17.6. The van der Waals surface area contributed by atoms with Crippen LogP contribution in [0.3, 0.4) is 0 Å². The van der Waals surface area contributed by atoms with Crippen LogP contribution in [-0.4, -0.2) is 45.0 Å². The van der Waals surface area contributed by atoms with Crippen LogP contribution in [0.4, 0.5) is 4.39 Å². The number of benzene rings is 1. The van der Waals surface area contributed by atoms with Gasteiger partial charge >= 0.3 is 0 Å². The number of rotatable bonds is 5. The fraction of sp³-hybridized carbons (Fsp3) is 0.471. The average Bonchev–Trinajstić information content (AvgIpc) is 3.08. The van der Waals surface area contributed by atoms with E-state index in [1.54, 1.807) is 18.5 Å². The maximum Gasteiger partial charge on any atom is 0.191 e. The summed E-state index contributed by atoms with van der Waals surface area (Å²) in [6.07, 6.45) is 2.62. The van der Waals surface area contributed by atoms with E-state index in [0.717, 1.165) is 31.8 Å². The largest absolute Gasteiger partial charge is 0.386 e. The SMILES string of the molecule is CCNC(=NCC(O)c1ccc(F)cc1)NC1CCc2ncnn2C1. The van der Waals surface area contributed by atoms with Crippen LogP contribution in [0.5, 0.6) is 0 Å². The van der Waals surface area contributed by atoms with E-state index in [-0.39, 0.29) is 18.4 Å². The molecule has 0 bridgehead atoms. The first kappa shape index (κ1) is 17.3. The summed E-state index contributed by atoms with van der Waals surface area (Å²) in [7, 11) is 0. The molecule has 0 fully saturated rings. The van der Waals surface area contributed by atoms with Crippen LogP contribution in [0.15, 0.2) is 35.6 Å². The number of guanidine groups is 1. The first-order chi connectivity index (χ1) is 12.2. The van der Waals surface area contributed by atoms with Crippen molar-refractivity contribution < 1.29 is 9.50 Å². The zero-order valence-corrected chi connectivity index (χ0v) is 14.2. The molecule has 8 heteroatoms. The molecular weight excluding hydrogens is 323 g/mol. The van der Waals surface area contributed by atoms with Crippen molar-refractivity contribution >= 4 is 5.96 Å². The summed E-state index contributed by atoms with van der Waals surface area (Å²) >= 11 is 0. The van der Waals surface area contributed by atoms with Gasteiger partial charge in [-0.05, 0) is 31.0 Å². The second-order valence-electron chi connectivity index (χ2n) is 6.03. The van der Waals surface area contributed by atoms with Crippen molar-refractivity contribution in [2.45, 2.75) is 38.5 Å². The van der Waals surface area contributed by atoms with Gasteiger partial charge in [0.15, 0.2) is 5.96 Å². The van der Waals surface area contributed by atoms with Gasteiger partial charge in [-0.3, -0.25) is 4.99 Å². The minimum Gasteiger partial charge on any atom is -0.386 e. The Morgan fingerprint density at radius 3 is 3.00 bits per heavy atom. The van der Waals surface area contributed by atoms with E-state index in [0.29, 0.717) is 11.5 Å². The first-order valence-electron chi connectivity index (χ1n) is 8.50. The molecule has 0 amide bonds. The lowest BCUT2D eigenvalue weighted by Gasteiger charge is -2.25. The predicted octanol–water partition coefficient (Wildman–Crippen LogP) is 1.02. The molecule has 0 saturated carbocycles. The van der Waals surface area contributed by atoms with Gasteiger partial charge in [0.25, 0.3) is 0 Å². The highest BCUT2D eigenvalue weighted by atomic mass is 19.1. The molecule has 1 aromatic carbocycles. The number of aryl methyl sites for hydroxylation is 1. The number of nitrogens with zero attached hydrogens (tertiary/aromatic N) is 4. The monoisotopic (exact) mass is 346 g/mol. The van der Waals surface area contributed by atoms with E-state index in [2.05, 4.69) is 25.7 Å². The molecule has 1 aromatic heterocycles. The van der Waals surface area contributed by atoms with Crippen molar-refractivity contribution in [3.8, 4) is 0 Å². The fourth-order valence-electron chi connectivity index (χ4n) is 2.84. The molecule has 3 rings (SSSR count). The summed E-state index contributed by atoms with van der Waals surface area (Å²) in [6.45, 7) is 3.65. The molecule has 1 aliphatic rings. The van der Waals surface area contributed by atoms with Crippen molar-refractivity contribution in [3.63, 3.8) is 0 Å². The topological polar surface area (TPSA) is 87.4 Å². The van der Waals surface area contributed by atoms with Gasteiger partial charge in [-0.1, -0.05) is 12.1 Å². The van der Waals surface area contributed by atoms with Crippen molar-refractivity contribution in [3.05, 3.63) is 47.8 Å². The number of hydrogen-bond acceptors (Lipinski definition) is 4. The quantitative estimate of drug-likeness (QED) is 0.556. The molecule has 0 aliphatic carbocycles. The minimum atomic E-state index is -0.774. The number of aliphatic imine (C=N–C) groups is 1. The van der Waals surface area contributed by atoms with Crippen LogP contribution >= 0.6 is 0 Å². The number of aliphatic hydroxyl groups is 1. The van der Waals surface area contributed by atoms with Crippen LogP contribution in [0, 0.1) is 5.82 Å². The predicted molar refractivity (Wildman–Crippen MR) is 92.6 cm³/mol. The van der Waals surface area contributed by atoms with Crippen LogP contribution in [0.1, 0.15) is 30.8 Å². The van der Waals surface area contributed by atoms with E-state index >= 15 is 0 Å². The normalized spacial score (nSPS) is 18.5. The van der Waals surface area contributed by atoms with Gasteiger partial charge in [-0.25, -0.2) is 14.1 Å². The van der Waals surface area contributed by atoms with Crippen LogP contribution in [-0.2, 0) is 13.0 Å². The first-order valence-corrected chi connectivity index (χ1v) is 8.50. The van der Waals surface area contributed by atoms with Gasteiger partial charge in [-0.15, -0.1) is 0 Å². The van der Waals surface area contributed by atoms with Gasteiger partial charge in [0.2, 0.25) is 0 Å². The molecule has 0 radical (unpaired) electrons. The van der Waals surface area contributed by atoms with E-state index in [1.807, 2.05) is 11.6 Å². The summed E-state index contributed by atoms with van der Waals surface area (Å²) in [5.74, 6) is 1.34. The lowest BCUT2D eigenvalue weighted by atomic mass is 10.1. The Morgan fingerprint density at radius 2 is 2.24 bits per heavy atom. The van der Waals surface area contributed by atoms with Gasteiger partial charge in [0.1, 0.15) is 18.0 Å². The molecule has 0 spiro atoms. The molecule has 3 N–H and O–H groups in total. The Kier molecular flexibility index (Phi) is 5.60. The number of aliphatic hydroxyl groups excluding tert-OH is 1. The smallest absolute Gasteiger partial charge is 0.191 e. The van der Waals surface area contributed by atoms with E-state index in [4.69, 9.17) is 0 Å². The lowest BCUT2D eigenvalue weighted by molar-refractivity contribution is 0.187. The van der Waals surface area contributed by atoms with Gasteiger partial charge < -0.3 is 15.7 Å². The number of hydrogen-bond donors (Lipinski definition) is 3. The molecule has 2 aromatic rings. The highest BCUT2D eigenvalue weighted by Crippen LogP contribution is 2.14. The molecule has 7 nitrogen and oxygen atoms in total. The number of halogens is 1. The zero-order valence-electron chi connectivity index (χ0n) is 14.2. The highest BCUT2D eigenvalue weighted by molar-refractivity contribution is 5.80. The molecule has 2 heterocycles. The molecule has 0 saturated heterocycles. The number of fused-ring (bicyclic) bond motifs is 1. The Bertz CT molecular complexity index is 714. The molecule has 134 valence electrons. The maximum absolute atomic E-state index is 13.0. The molecule has 25 heavy (non-hydrogen) atoms. The van der Waals surface area contributed by atoms with E-state index in [9.17, 15) is 9.50 Å². The third kappa shape index (κ3) is 4.54. The Morgan fingerprint density at radius 1 is 1.44 bits per heavy atom. The van der Waals surface area contributed by atoms with Gasteiger partial charge in [0, 0.05) is 19.0 Å². The fourth-order valence-corrected chi connectivity index (χ4v) is 2.84. The van der Waals surface area contributed by atoms with Crippen molar-refractivity contribution in [1.29, 1.82) is 0 Å². The highest BCUT2D eigenvalue weighted by Gasteiger charge is 2.20. The number of aromatic nitrogens is 3. The van der Waals surface area contributed by atoms with Gasteiger partial charge in [-0.2, -0.15) is 5.10 Å². The third-order valence-corrected chi connectivity index (χ3v) is 4.17. The van der Waals surface area contributed by atoms with Crippen LogP contribution in [0.25, 0.3) is 0 Å². The molecule has 2 unspecified atom stereocenters. The summed E-state index contributed by atoms with van der Waals surface area (Å²) in [5, 5.41) is 21.0. The average molecular weight is 346 g/mol. The Hall–Kier alpha value is -2.48. The summed E-state index contributed by atoms with van der Waals surface area (Å²) in [6, 6.07) is 6.02. The second kappa shape index (κ2) is 8.06. The molecule has 2 atom stereocenters. The number of nitrogens with one attached hydrogen (secondary N) is 2. The van der Waals surface area contributed by atoms with Gasteiger partial charge in [0.05, 0.1) is 19.2 Å². The summed E-state index contributed by atoms with van der Waals surface area (Å²) in [5.41, 5.74) is 0.644. The second-order valence-corrected chi connectivity index (χ2v) is 6.03. The Labute approximate surface area is 146 Å². The third-order valence-electron chi connectivity index (χ3n) is 4.17. The van der Waals surface area contributed by atoms with E-state index in [1.165, 1.54) is 12.1 Å². The van der Waals surface area contributed by atoms with Crippen LogP contribution in [0.2, 0.25) is 0 Å². The molecule has 1 aliphatic heterocycles. The maximum atomic E-state index is 13.0. The van der Waals surface area contributed by atoms with Crippen molar-refractivity contribution in [2.75, 3.05) is 13.1 Å². The van der Waals surface area contributed by atoms with Crippen molar-refractivity contribution in [1.82, 2.24) is 25.4 Å². The minimum absolute atomic E-state index is 0.197.